The average Bonchev–Trinajstić information content (AvgIpc) is 2.66. The summed E-state index contributed by atoms with van der Waals surface area (Å²) in [5.41, 5.74) is 2.51. The van der Waals surface area contributed by atoms with Crippen LogP contribution in [0.5, 0.6) is 11.5 Å². The van der Waals surface area contributed by atoms with Crippen molar-refractivity contribution in [2.75, 3.05) is 19.5 Å². The van der Waals surface area contributed by atoms with Gasteiger partial charge in [0.2, 0.25) is 0 Å². The van der Waals surface area contributed by atoms with Gasteiger partial charge < -0.3 is 14.8 Å². The van der Waals surface area contributed by atoms with Crippen molar-refractivity contribution in [2.24, 2.45) is 0 Å². The molecule has 0 saturated heterocycles. The van der Waals surface area contributed by atoms with Gasteiger partial charge in [-0.1, -0.05) is 25.1 Å². The zero-order valence-corrected chi connectivity index (χ0v) is 14.5. The molecule has 2 aromatic carbocycles. The first-order valence-corrected chi connectivity index (χ1v) is 7.85. The van der Waals surface area contributed by atoms with E-state index in [4.69, 9.17) is 9.47 Å². The number of nitrogens with zero attached hydrogens (tertiary/aromatic N) is 1. The van der Waals surface area contributed by atoms with Gasteiger partial charge in [0.1, 0.15) is 11.6 Å². The van der Waals surface area contributed by atoms with Gasteiger partial charge in [-0.05, 0) is 47.9 Å². The molecule has 0 unspecified atom stereocenters. The van der Waals surface area contributed by atoms with Gasteiger partial charge in [-0.3, -0.25) is 4.79 Å². The Balaban J connectivity index is 2.21. The molecule has 0 bridgehead atoms. The second kappa shape index (κ2) is 8.55. The van der Waals surface area contributed by atoms with Crippen LogP contribution in [-0.4, -0.2) is 20.1 Å². The number of anilines is 1. The lowest BCUT2D eigenvalue weighted by Gasteiger charge is -2.08. The summed E-state index contributed by atoms with van der Waals surface area (Å²) < 4.78 is 10.4. The number of nitrogens with one attached hydrogen (secondary N) is 1. The minimum atomic E-state index is -0.457. The van der Waals surface area contributed by atoms with Gasteiger partial charge in [-0.15, -0.1) is 0 Å². The Bertz CT molecular complexity index is 818. The number of amides is 1. The Labute approximate surface area is 147 Å². The van der Waals surface area contributed by atoms with Crippen LogP contribution < -0.4 is 14.8 Å². The molecular weight excluding hydrogens is 316 g/mol. The monoisotopic (exact) mass is 336 g/mol. The van der Waals surface area contributed by atoms with Crippen molar-refractivity contribution in [3.63, 3.8) is 0 Å². The Morgan fingerprint density at radius 1 is 1.12 bits per heavy atom. The third-order valence-electron chi connectivity index (χ3n) is 3.70. The number of benzene rings is 2. The highest BCUT2D eigenvalue weighted by Gasteiger charge is 2.11. The van der Waals surface area contributed by atoms with E-state index in [-0.39, 0.29) is 5.57 Å². The van der Waals surface area contributed by atoms with Gasteiger partial charge in [0, 0.05) is 5.69 Å². The van der Waals surface area contributed by atoms with E-state index in [2.05, 4.69) is 12.2 Å². The predicted molar refractivity (Wildman–Crippen MR) is 97.6 cm³/mol. The van der Waals surface area contributed by atoms with Gasteiger partial charge in [0.25, 0.3) is 5.91 Å². The number of ether oxygens (including phenoxy) is 2. The maximum absolute atomic E-state index is 12.3. The highest BCUT2D eigenvalue weighted by atomic mass is 16.5. The molecule has 0 aromatic heterocycles. The minimum Gasteiger partial charge on any atom is -0.493 e. The molecule has 2 aromatic rings. The van der Waals surface area contributed by atoms with Crippen molar-refractivity contribution in [3.8, 4) is 17.6 Å². The van der Waals surface area contributed by atoms with Crippen LogP contribution >= 0.6 is 0 Å². The Morgan fingerprint density at radius 3 is 2.36 bits per heavy atom. The minimum absolute atomic E-state index is 0.00629. The van der Waals surface area contributed by atoms with Crippen LogP contribution in [0.4, 0.5) is 5.69 Å². The fraction of sp³-hybridized carbons (Fsp3) is 0.200. The molecule has 128 valence electrons. The average molecular weight is 336 g/mol. The van der Waals surface area contributed by atoms with Gasteiger partial charge in [0.15, 0.2) is 11.5 Å². The molecule has 5 heteroatoms. The van der Waals surface area contributed by atoms with Crippen LogP contribution in [0.3, 0.4) is 0 Å². The molecule has 0 heterocycles. The molecule has 0 spiro atoms. The molecule has 0 radical (unpaired) electrons. The second-order valence-electron chi connectivity index (χ2n) is 5.29. The van der Waals surface area contributed by atoms with Crippen LogP contribution in [0.1, 0.15) is 18.1 Å². The summed E-state index contributed by atoms with van der Waals surface area (Å²) in [4.78, 5) is 12.3. The van der Waals surface area contributed by atoms with Crippen LogP contribution in [-0.2, 0) is 11.2 Å². The highest BCUT2D eigenvalue weighted by Crippen LogP contribution is 2.28. The van der Waals surface area contributed by atoms with E-state index < -0.39 is 5.91 Å². The van der Waals surface area contributed by atoms with Crippen molar-refractivity contribution in [1.82, 2.24) is 0 Å². The Hall–Kier alpha value is -3.26. The maximum atomic E-state index is 12.3. The first-order chi connectivity index (χ1) is 12.1. The fourth-order valence-corrected chi connectivity index (χ4v) is 2.28. The third-order valence-corrected chi connectivity index (χ3v) is 3.70. The first kappa shape index (κ1) is 18.1. The SMILES string of the molecule is CCc1ccc(NC(=O)/C(C#N)=C/c2ccc(OC)c(OC)c2)cc1. The van der Waals surface area contributed by atoms with Crippen LogP contribution in [0.25, 0.3) is 6.08 Å². The van der Waals surface area contributed by atoms with E-state index in [1.54, 1.807) is 25.3 Å². The van der Waals surface area contributed by atoms with Gasteiger partial charge >= 0.3 is 0 Å². The van der Waals surface area contributed by atoms with Crippen molar-refractivity contribution >= 4 is 17.7 Å². The lowest BCUT2D eigenvalue weighted by molar-refractivity contribution is -0.112. The molecule has 25 heavy (non-hydrogen) atoms. The van der Waals surface area contributed by atoms with E-state index in [1.807, 2.05) is 30.3 Å². The molecule has 1 amide bonds. The zero-order valence-electron chi connectivity index (χ0n) is 14.5. The van der Waals surface area contributed by atoms with E-state index in [0.29, 0.717) is 22.7 Å². The third kappa shape index (κ3) is 4.61. The Morgan fingerprint density at radius 2 is 1.80 bits per heavy atom. The number of hydrogen-bond acceptors (Lipinski definition) is 4. The number of nitriles is 1. The molecule has 0 atom stereocenters. The number of rotatable bonds is 6. The molecule has 0 aliphatic heterocycles. The molecular formula is C20H20N2O3. The van der Waals surface area contributed by atoms with Gasteiger partial charge in [-0.2, -0.15) is 5.26 Å². The van der Waals surface area contributed by atoms with Crippen LogP contribution in [0, 0.1) is 11.3 Å². The zero-order chi connectivity index (χ0) is 18.2. The molecule has 0 saturated carbocycles. The first-order valence-electron chi connectivity index (χ1n) is 7.85. The van der Waals surface area contributed by atoms with Gasteiger partial charge in [-0.25, -0.2) is 0 Å². The molecule has 0 aliphatic rings. The fourth-order valence-electron chi connectivity index (χ4n) is 2.28. The smallest absolute Gasteiger partial charge is 0.266 e. The number of methoxy groups -OCH3 is 2. The number of hydrogen-bond donors (Lipinski definition) is 1. The van der Waals surface area contributed by atoms with E-state index in [0.717, 1.165) is 6.42 Å². The van der Waals surface area contributed by atoms with E-state index >= 15 is 0 Å². The lowest BCUT2D eigenvalue weighted by Crippen LogP contribution is -2.13. The summed E-state index contributed by atoms with van der Waals surface area (Å²) in [6.45, 7) is 2.06. The number of aryl methyl sites for hydroxylation is 1. The topological polar surface area (TPSA) is 71.4 Å². The van der Waals surface area contributed by atoms with Crippen LogP contribution in [0.2, 0.25) is 0 Å². The van der Waals surface area contributed by atoms with Crippen molar-refractivity contribution in [2.45, 2.75) is 13.3 Å². The molecule has 1 N–H and O–H groups in total. The summed E-state index contributed by atoms with van der Waals surface area (Å²) in [6, 6.07) is 14.7. The summed E-state index contributed by atoms with van der Waals surface area (Å²) in [5, 5.41) is 12.0. The lowest BCUT2D eigenvalue weighted by atomic mass is 10.1. The summed E-state index contributed by atoms with van der Waals surface area (Å²) in [5.74, 6) is 0.657. The standard InChI is InChI=1S/C20H20N2O3/c1-4-14-5-8-17(9-6-14)22-20(23)16(13-21)11-15-7-10-18(24-2)19(12-15)25-3/h5-12H,4H2,1-3H3,(H,22,23)/b16-11+. The van der Waals surface area contributed by atoms with E-state index in [1.165, 1.54) is 18.7 Å². The normalized spacial score (nSPS) is 10.7. The summed E-state index contributed by atoms with van der Waals surface area (Å²) in [7, 11) is 3.08. The highest BCUT2D eigenvalue weighted by molar-refractivity contribution is 6.09. The van der Waals surface area contributed by atoms with Gasteiger partial charge in [0.05, 0.1) is 14.2 Å². The largest absolute Gasteiger partial charge is 0.493 e. The van der Waals surface area contributed by atoms with Crippen molar-refractivity contribution in [3.05, 3.63) is 59.2 Å². The summed E-state index contributed by atoms with van der Waals surface area (Å²) >= 11 is 0. The quantitative estimate of drug-likeness (QED) is 0.643. The summed E-state index contributed by atoms with van der Waals surface area (Å²) in [6.07, 6.45) is 2.44. The number of carbonyl (C=O) groups is 1. The number of carbonyl (C=O) groups excluding carboxylic acids is 1. The second-order valence-corrected chi connectivity index (χ2v) is 5.29. The van der Waals surface area contributed by atoms with Crippen molar-refractivity contribution in [1.29, 1.82) is 5.26 Å². The maximum Gasteiger partial charge on any atom is 0.266 e. The predicted octanol–water partition coefficient (Wildman–Crippen LogP) is 3.81. The molecule has 0 aliphatic carbocycles. The molecule has 5 nitrogen and oxygen atoms in total. The molecule has 2 rings (SSSR count). The Kier molecular flexibility index (Phi) is 6.19. The van der Waals surface area contributed by atoms with Crippen molar-refractivity contribution < 1.29 is 14.3 Å². The van der Waals surface area contributed by atoms with Crippen LogP contribution in [0.15, 0.2) is 48.0 Å². The van der Waals surface area contributed by atoms with E-state index in [9.17, 15) is 10.1 Å². The molecule has 0 fully saturated rings.